The van der Waals surface area contributed by atoms with Gasteiger partial charge in [-0.2, -0.15) is 0 Å². The maximum absolute atomic E-state index is 13.6. The number of hydrogen-bond donors (Lipinski definition) is 3. The van der Waals surface area contributed by atoms with E-state index < -0.39 is 30.0 Å². The second-order valence-electron chi connectivity index (χ2n) is 9.94. The van der Waals surface area contributed by atoms with Gasteiger partial charge in [0.25, 0.3) is 0 Å². The van der Waals surface area contributed by atoms with Crippen molar-refractivity contribution in [1.29, 1.82) is 0 Å². The Morgan fingerprint density at radius 2 is 1.74 bits per heavy atom. The molecule has 2 rings (SSSR count). The van der Waals surface area contributed by atoms with E-state index in [0.717, 1.165) is 5.56 Å². The summed E-state index contributed by atoms with van der Waals surface area (Å²) in [5.74, 6) is -0.945. The molecule has 4 atom stereocenters. The van der Waals surface area contributed by atoms with Gasteiger partial charge < -0.3 is 25.4 Å². The van der Waals surface area contributed by atoms with Crippen molar-refractivity contribution in [1.82, 2.24) is 15.5 Å². The molecule has 194 valence electrons. The molecule has 0 aromatic heterocycles. The van der Waals surface area contributed by atoms with E-state index in [1.54, 1.807) is 12.0 Å². The van der Waals surface area contributed by atoms with Crippen LogP contribution in [-0.4, -0.2) is 66.2 Å². The average molecular weight is 488 g/mol. The molecule has 0 spiro atoms. The van der Waals surface area contributed by atoms with Gasteiger partial charge in [-0.1, -0.05) is 70.2 Å². The zero-order valence-corrected chi connectivity index (χ0v) is 21.6. The number of carbonyl (C=O) groups excluding carboxylic acids is 3. The number of methoxy groups -OCH3 is 1. The minimum absolute atomic E-state index is 0.124. The Bertz CT molecular complexity index is 856. The van der Waals surface area contributed by atoms with Crippen LogP contribution in [0.3, 0.4) is 0 Å². The van der Waals surface area contributed by atoms with E-state index in [1.165, 1.54) is 0 Å². The fourth-order valence-corrected chi connectivity index (χ4v) is 4.18. The summed E-state index contributed by atoms with van der Waals surface area (Å²) in [5, 5.41) is 15.7. The maximum Gasteiger partial charge on any atom is 0.249 e. The summed E-state index contributed by atoms with van der Waals surface area (Å²) in [6, 6.07) is 7.85. The van der Waals surface area contributed by atoms with Crippen LogP contribution in [0.15, 0.2) is 42.5 Å². The van der Waals surface area contributed by atoms with Gasteiger partial charge in [0.15, 0.2) is 0 Å². The monoisotopic (exact) mass is 487 g/mol. The fourth-order valence-electron chi connectivity index (χ4n) is 4.18. The molecule has 0 saturated carbocycles. The van der Waals surface area contributed by atoms with Crippen LogP contribution in [0.1, 0.15) is 58.6 Å². The molecule has 0 fully saturated rings. The number of nitrogens with one attached hydrogen (secondary N) is 2. The molecule has 0 radical (unpaired) electrons. The van der Waals surface area contributed by atoms with Crippen molar-refractivity contribution in [2.45, 2.75) is 71.2 Å². The van der Waals surface area contributed by atoms with Crippen molar-refractivity contribution >= 4 is 17.7 Å². The lowest BCUT2D eigenvalue weighted by molar-refractivity contribution is -0.139. The Balaban J connectivity index is 2.18. The van der Waals surface area contributed by atoms with Crippen molar-refractivity contribution in [3.8, 4) is 0 Å². The predicted octanol–water partition coefficient (Wildman–Crippen LogP) is 2.59. The van der Waals surface area contributed by atoms with Crippen LogP contribution in [0.5, 0.6) is 0 Å². The maximum atomic E-state index is 13.6. The van der Waals surface area contributed by atoms with E-state index in [-0.39, 0.29) is 23.8 Å². The summed E-state index contributed by atoms with van der Waals surface area (Å²) in [6.07, 6.45) is 3.75. The van der Waals surface area contributed by atoms with Gasteiger partial charge in [-0.25, -0.2) is 0 Å². The third-order valence-corrected chi connectivity index (χ3v) is 5.94. The second kappa shape index (κ2) is 14.0. The Hall–Kier alpha value is -2.71. The molecule has 8 heteroatoms. The summed E-state index contributed by atoms with van der Waals surface area (Å²) >= 11 is 0. The van der Waals surface area contributed by atoms with E-state index in [2.05, 4.69) is 10.6 Å². The number of benzene rings is 1. The lowest BCUT2D eigenvalue weighted by Gasteiger charge is -2.32. The number of ether oxygens (including phenoxy) is 1. The number of hydrogen-bond acceptors (Lipinski definition) is 5. The van der Waals surface area contributed by atoms with Crippen LogP contribution in [0, 0.1) is 11.8 Å². The summed E-state index contributed by atoms with van der Waals surface area (Å²) in [5.41, 5.74) is 0.976. The van der Waals surface area contributed by atoms with Crippen molar-refractivity contribution in [3.63, 3.8) is 0 Å². The van der Waals surface area contributed by atoms with Crippen molar-refractivity contribution in [2.24, 2.45) is 11.8 Å². The average Bonchev–Trinajstić information content (AvgIpc) is 2.95. The Kier molecular flexibility index (Phi) is 11.4. The second-order valence-corrected chi connectivity index (χ2v) is 9.94. The number of aliphatic hydroxyl groups excluding tert-OH is 1. The molecule has 0 unspecified atom stereocenters. The largest absolute Gasteiger partial charge is 0.383 e. The molecule has 0 aliphatic carbocycles. The van der Waals surface area contributed by atoms with Crippen LogP contribution in [0.4, 0.5) is 0 Å². The van der Waals surface area contributed by atoms with Crippen LogP contribution in [-0.2, 0) is 19.1 Å². The minimum Gasteiger partial charge on any atom is -0.383 e. The first-order valence-corrected chi connectivity index (χ1v) is 12.4. The molecular weight excluding hydrogens is 446 g/mol. The smallest absolute Gasteiger partial charge is 0.249 e. The Morgan fingerprint density at radius 3 is 2.34 bits per heavy atom. The number of nitrogens with zero attached hydrogens (tertiary/aromatic N) is 1. The van der Waals surface area contributed by atoms with Gasteiger partial charge in [-0.15, -0.1) is 0 Å². The molecule has 3 N–H and O–H groups in total. The summed E-state index contributed by atoms with van der Waals surface area (Å²) in [7, 11) is 1.59. The fraction of sp³-hybridized carbons (Fsp3) is 0.593. The number of rotatable bonds is 12. The molecule has 3 amide bonds. The highest BCUT2D eigenvalue weighted by atomic mass is 16.5. The highest BCUT2D eigenvalue weighted by Gasteiger charge is 2.34. The highest BCUT2D eigenvalue weighted by molar-refractivity contribution is 5.93. The van der Waals surface area contributed by atoms with E-state index in [1.807, 2.05) is 70.2 Å². The van der Waals surface area contributed by atoms with Crippen LogP contribution < -0.4 is 10.6 Å². The third kappa shape index (κ3) is 8.78. The first-order valence-electron chi connectivity index (χ1n) is 12.4. The zero-order chi connectivity index (χ0) is 26.0. The molecule has 1 aromatic rings. The van der Waals surface area contributed by atoms with E-state index >= 15 is 0 Å². The first-order chi connectivity index (χ1) is 16.6. The van der Waals surface area contributed by atoms with Crippen LogP contribution in [0.25, 0.3) is 0 Å². The van der Waals surface area contributed by atoms with Crippen molar-refractivity contribution < 1.29 is 24.2 Å². The third-order valence-electron chi connectivity index (χ3n) is 5.94. The molecule has 0 saturated heterocycles. The minimum atomic E-state index is -1.18. The van der Waals surface area contributed by atoms with Crippen molar-refractivity contribution in [3.05, 3.63) is 48.0 Å². The lowest BCUT2D eigenvalue weighted by Crippen LogP contribution is -2.55. The topological polar surface area (TPSA) is 108 Å². The molecule has 8 nitrogen and oxygen atoms in total. The quantitative estimate of drug-likeness (QED) is 0.393. The lowest BCUT2D eigenvalue weighted by atomic mass is 10.0. The van der Waals surface area contributed by atoms with Gasteiger partial charge in [0.1, 0.15) is 18.2 Å². The van der Waals surface area contributed by atoms with Gasteiger partial charge in [0.2, 0.25) is 17.7 Å². The summed E-state index contributed by atoms with van der Waals surface area (Å²) < 4.78 is 5.23. The van der Waals surface area contributed by atoms with Gasteiger partial charge in [0.05, 0.1) is 12.6 Å². The molecule has 1 aliphatic rings. The molecular formula is C27H41N3O5. The number of amides is 3. The Morgan fingerprint density at radius 1 is 1.09 bits per heavy atom. The van der Waals surface area contributed by atoms with E-state index in [9.17, 15) is 19.5 Å². The van der Waals surface area contributed by atoms with E-state index in [4.69, 9.17) is 4.74 Å². The summed E-state index contributed by atoms with van der Waals surface area (Å²) in [4.78, 5) is 41.0. The Labute approximate surface area is 209 Å². The van der Waals surface area contributed by atoms with Crippen LogP contribution >= 0.6 is 0 Å². The predicted molar refractivity (Wildman–Crippen MR) is 135 cm³/mol. The molecule has 0 bridgehead atoms. The first kappa shape index (κ1) is 28.5. The van der Waals surface area contributed by atoms with Gasteiger partial charge >= 0.3 is 0 Å². The number of carbonyl (C=O) groups is 3. The van der Waals surface area contributed by atoms with Crippen LogP contribution in [0.2, 0.25) is 0 Å². The van der Waals surface area contributed by atoms with Crippen molar-refractivity contribution in [2.75, 3.05) is 20.3 Å². The normalized spacial score (nSPS) is 20.0. The molecule has 1 aromatic carbocycles. The SMILES string of the molecule is COCCN1C(=O)[C@@H](NC(=O)[C@H](CC(C)C)NC(=O)[C@@H](O)CC(C)C)CC=C[C@H]1c1ccccc1. The zero-order valence-electron chi connectivity index (χ0n) is 21.6. The molecule has 1 aliphatic heterocycles. The molecule has 1 heterocycles. The van der Waals surface area contributed by atoms with Gasteiger partial charge in [-0.05, 0) is 36.7 Å². The summed E-state index contributed by atoms with van der Waals surface area (Å²) in [6.45, 7) is 8.47. The highest BCUT2D eigenvalue weighted by Crippen LogP contribution is 2.26. The standard InChI is InChI=1S/C27H41N3O5/c1-18(2)16-22(29-26(33)24(31)17-19(3)4)25(32)28-21-12-9-13-23(20-10-7-6-8-11-20)30(27(21)34)14-15-35-5/h6-11,13,18-19,21-24,31H,12,14-17H2,1-5H3,(H,28,32)(H,29,33)/t21-,22-,23-,24-/m0/s1. The number of aliphatic hydroxyl groups is 1. The van der Waals surface area contributed by atoms with E-state index in [0.29, 0.717) is 32.4 Å². The van der Waals surface area contributed by atoms with Gasteiger partial charge in [-0.3, -0.25) is 14.4 Å². The molecule has 35 heavy (non-hydrogen) atoms. The van der Waals surface area contributed by atoms with Gasteiger partial charge in [0, 0.05) is 13.7 Å².